The van der Waals surface area contributed by atoms with E-state index in [1.165, 1.54) is 12.1 Å². The fourth-order valence-electron chi connectivity index (χ4n) is 1.78. The molecule has 0 heterocycles. The highest BCUT2D eigenvalue weighted by molar-refractivity contribution is 7.99. The van der Waals surface area contributed by atoms with E-state index in [-0.39, 0.29) is 10.9 Å². The largest absolute Gasteiger partial charge is 0.369 e. The lowest BCUT2D eigenvalue weighted by Crippen LogP contribution is -2.26. The number of primary amides is 1. The van der Waals surface area contributed by atoms with Gasteiger partial charge in [0.2, 0.25) is 5.91 Å². The molecule has 1 amide bonds. The van der Waals surface area contributed by atoms with Crippen molar-refractivity contribution >= 4 is 27.5 Å². The maximum absolute atomic E-state index is 11.9. The van der Waals surface area contributed by atoms with Gasteiger partial charge in [-0.05, 0) is 30.9 Å². The van der Waals surface area contributed by atoms with Crippen molar-refractivity contribution < 1.29 is 13.2 Å². The molecule has 0 fully saturated rings. The molecule has 0 spiro atoms. The molecule has 0 aliphatic heterocycles. The fraction of sp³-hybridized carbons (Fsp3) is 0.500. The Hall–Kier alpha value is -1.05. The van der Waals surface area contributed by atoms with Gasteiger partial charge in [-0.1, -0.05) is 19.1 Å². The Morgan fingerprint density at radius 2 is 1.86 bits per heavy atom. The number of hydrogen-bond donors (Lipinski definition) is 2. The molecule has 0 saturated carbocycles. The number of carbonyl (C=O) groups is 1. The van der Waals surface area contributed by atoms with Crippen LogP contribution in [0.25, 0.3) is 0 Å². The highest BCUT2D eigenvalue weighted by atomic mass is 32.2. The van der Waals surface area contributed by atoms with Gasteiger partial charge in [0.05, 0.1) is 4.90 Å². The van der Waals surface area contributed by atoms with E-state index >= 15 is 0 Å². The predicted molar refractivity (Wildman–Crippen MR) is 87.1 cm³/mol. The van der Waals surface area contributed by atoms with Gasteiger partial charge in [0.25, 0.3) is 0 Å². The van der Waals surface area contributed by atoms with Crippen LogP contribution in [-0.2, 0) is 14.6 Å². The van der Waals surface area contributed by atoms with Gasteiger partial charge in [0.15, 0.2) is 9.84 Å². The number of hydrogen-bond acceptors (Lipinski definition) is 5. The highest BCUT2D eigenvalue weighted by Gasteiger charge is 2.17. The molecule has 0 saturated heterocycles. The Bertz CT molecular complexity index is 570. The topological polar surface area (TPSA) is 89.3 Å². The summed E-state index contributed by atoms with van der Waals surface area (Å²) in [6, 6.07) is 6.69. The van der Waals surface area contributed by atoms with E-state index < -0.39 is 21.5 Å². The number of benzene rings is 1. The maximum Gasteiger partial charge on any atom is 0.233 e. The quantitative estimate of drug-likeness (QED) is 0.751. The number of nitrogens with one attached hydrogen (secondary N) is 1. The second-order valence-electron chi connectivity index (χ2n) is 4.97. The third kappa shape index (κ3) is 5.68. The highest BCUT2D eigenvalue weighted by Crippen LogP contribution is 2.17. The van der Waals surface area contributed by atoms with Crippen molar-refractivity contribution in [2.45, 2.75) is 30.0 Å². The van der Waals surface area contributed by atoms with Gasteiger partial charge >= 0.3 is 0 Å². The molecule has 0 bridgehead atoms. The van der Waals surface area contributed by atoms with Crippen molar-refractivity contribution in [3.63, 3.8) is 0 Å². The van der Waals surface area contributed by atoms with E-state index in [1.54, 1.807) is 23.9 Å². The lowest BCUT2D eigenvalue weighted by molar-refractivity contribution is -0.115. The monoisotopic (exact) mass is 330 g/mol. The summed E-state index contributed by atoms with van der Waals surface area (Å²) in [6.07, 6.45) is 2.06. The number of rotatable bonds is 8. The first-order chi connectivity index (χ1) is 9.76. The van der Waals surface area contributed by atoms with Crippen molar-refractivity contribution in [2.75, 3.05) is 18.6 Å². The molecule has 1 aromatic carbocycles. The molecule has 118 valence electrons. The zero-order chi connectivity index (χ0) is 16.0. The molecule has 0 aromatic heterocycles. The van der Waals surface area contributed by atoms with Gasteiger partial charge in [0.1, 0.15) is 5.75 Å². The van der Waals surface area contributed by atoms with Crippen LogP contribution >= 0.6 is 11.8 Å². The Morgan fingerprint density at radius 3 is 2.33 bits per heavy atom. The molecule has 0 aliphatic rings. The number of amides is 1. The smallest absolute Gasteiger partial charge is 0.233 e. The lowest BCUT2D eigenvalue weighted by atomic mass is 10.1. The van der Waals surface area contributed by atoms with Gasteiger partial charge in [-0.2, -0.15) is 11.8 Å². The summed E-state index contributed by atoms with van der Waals surface area (Å²) in [5.74, 6) is -1.51. The van der Waals surface area contributed by atoms with Crippen molar-refractivity contribution in [1.82, 2.24) is 5.32 Å². The Kier molecular flexibility index (Phi) is 6.70. The summed E-state index contributed by atoms with van der Waals surface area (Å²) in [5.41, 5.74) is 5.95. The van der Waals surface area contributed by atoms with Crippen molar-refractivity contribution in [2.24, 2.45) is 5.73 Å². The zero-order valence-electron chi connectivity index (χ0n) is 12.5. The maximum atomic E-state index is 11.9. The van der Waals surface area contributed by atoms with Crippen molar-refractivity contribution in [3.05, 3.63) is 29.8 Å². The summed E-state index contributed by atoms with van der Waals surface area (Å²) in [5, 5.41) is 3.91. The molecule has 5 nitrogen and oxygen atoms in total. The summed E-state index contributed by atoms with van der Waals surface area (Å²) >= 11 is 1.79. The van der Waals surface area contributed by atoms with Crippen LogP contribution in [0.4, 0.5) is 0 Å². The first-order valence-corrected chi connectivity index (χ1v) is 9.57. The SMILES string of the molecule is CSC(C)CNC(C)c1ccc(S(=O)(=O)CC(N)=O)cc1. The molecule has 21 heavy (non-hydrogen) atoms. The van der Waals surface area contributed by atoms with Gasteiger partial charge in [0, 0.05) is 17.8 Å². The third-order valence-electron chi connectivity index (χ3n) is 3.19. The van der Waals surface area contributed by atoms with Crippen LogP contribution in [0.3, 0.4) is 0 Å². The molecular weight excluding hydrogens is 308 g/mol. The number of carbonyl (C=O) groups excluding carboxylic acids is 1. The van der Waals surface area contributed by atoms with E-state index in [0.29, 0.717) is 5.25 Å². The summed E-state index contributed by atoms with van der Waals surface area (Å²) in [4.78, 5) is 10.9. The van der Waals surface area contributed by atoms with Crippen LogP contribution in [0, 0.1) is 0 Å². The average Bonchev–Trinajstić information content (AvgIpc) is 2.43. The molecule has 2 atom stereocenters. The normalized spacial score (nSPS) is 14.6. The molecule has 0 radical (unpaired) electrons. The van der Waals surface area contributed by atoms with Gasteiger partial charge in [-0.25, -0.2) is 8.42 Å². The van der Waals surface area contributed by atoms with Crippen LogP contribution in [0.15, 0.2) is 29.2 Å². The van der Waals surface area contributed by atoms with E-state index in [4.69, 9.17) is 5.73 Å². The van der Waals surface area contributed by atoms with Crippen LogP contribution in [-0.4, -0.2) is 38.1 Å². The van der Waals surface area contributed by atoms with Crippen LogP contribution in [0.5, 0.6) is 0 Å². The zero-order valence-corrected chi connectivity index (χ0v) is 14.1. The van der Waals surface area contributed by atoms with Gasteiger partial charge in [-0.15, -0.1) is 0 Å². The predicted octanol–water partition coefficient (Wildman–Crippen LogP) is 1.35. The first-order valence-electron chi connectivity index (χ1n) is 6.63. The van der Waals surface area contributed by atoms with Crippen molar-refractivity contribution in [1.29, 1.82) is 0 Å². The minimum atomic E-state index is -3.63. The van der Waals surface area contributed by atoms with Gasteiger partial charge < -0.3 is 11.1 Å². The Morgan fingerprint density at radius 1 is 1.29 bits per heavy atom. The van der Waals surface area contributed by atoms with E-state index in [9.17, 15) is 13.2 Å². The minimum absolute atomic E-state index is 0.120. The molecule has 7 heteroatoms. The molecular formula is C14H22N2O3S2. The number of sulfone groups is 1. The van der Waals surface area contributed by atoms with Crippen LogP contribution in [0.1, 0.15) is 25.5 Å². The molecule has 1 rings (SSSR count). The van der Waals surface area contributed by atoms with E-state index in [1.807, 2.05) is 6.92 Å². The third-order valence-corrected chi connectivity index (χ3v) is 5.81. The molecule has 3 N–H and O–H groups in total. The van der Waals surface area contributed by atoms with E-state index in [0.717, 1.165) is 12.1 Å². The van der Waals surface area contributed by atoms with Crippen molar-refractivity contribution in [3.8, 4) is 0 Å². The number of thioether (sulfide) groups is 1. The lowest BCUT2D eigenvalue weighted by Gasteiger charge is -2.17. The summed E-state index contributed by atoms with van der Waals surface area (Å²) in [7, 11) is -3.63. The fourth-order valence-corrected chi connectivity index (χ4v) is 3.13. The first kappa shape index (κ1) is 18.0. The second kappa shape index (κ2) is 7.82. The van der Waals surface area contributed by atoms with Crippen LogP contribution in [0.2, 0.25) is 0 Å². The molecule has 2 unspecified atom stereocenters. The minimum Gasteiger partial charge on any atom is -0.369 e. The Balaban J connectivity index is 2.76. The Labute approximate surface area is 130 Å². The second-order valence-corrected chi connectivity index (χ2v) is 8.24. The summed E-state index contributed by atoms with van der Waals surface area (Å²) in [6.45, 7) is 5.05. The molecule has 0 aliphatic carbocycles. The molecule has 1 aromatic rings. The number of nitrogens with two attached hydrogens (primary N) is 1. The average molecular weight is 330 g/mol. The summed E-state index contributed by atoms with van der Waals surface area (Å²) < 4.78 is 23.7. The van der Waals surface area contributed by atoms with E-state index in [2.05, 4.69) is 18.5 Å². The van der Waals surface area contributed by atoms with Gasteiger partial charge in [-0.3, -0.25) is 4.79 Å². The van der Waals surface area contributed by atoms with Crippen LogP contribution < -0.4 is 11.1 Å². The standard InChI is InChI=1S/C14H22N2O3S2/c1-10(20-3)8-16-11(2)12-4-6-13(7-5-12)21(18,19)9-14(15)17/h4-7,10-11,16H,8-9H2,1-3H3,(H2,15,17).